The van der Waals surface area contributed by atoms with E-state index >= 15 is 0 Å². The van der Waals surface area contributed by atoms with Gasteiger partial charge in [0.15, 0.2) is 0 Å². The summed E-state index contributed by atoms with van der Waals surface area (Å²) in [6.45, 7) is 7.57. The third-order valence-corrected chi connectivity index (χ3v) is 2.62. The first-order chi connectivity index (χ1) is 7.65. The second-order valence-corrected chi connectivity index (χ2v) is 3.72. The van der Waals surface area contributed by atoms with Crippen LogP contribution in [0.15, 0.2) is 37.4 Å². The average Bonchev–Trinajstić information content (AvgIpc) is 2.27. The third-order valence-electron chi connectivity index (χ3n) is 2.62. The van der Waals surface area contributed by atoms with Crippen LogP contribution in [0.2, 0.25) is 0 Å². The number of hydrogen-bond acceptors (Lipinski definition) is 2. The molecule has 0 unspecified atom stereocenters. The van der Waals surface area contributed by atoms with Gasteiger partial charge in [0.2, 0.25) is 0 Å². The zero-order chi connectivity index (χ0) is 11.7. The topological polar surface area (TPSA) is 52.0 Å². The molecule has 2 heteroatoms. The molecule has 0 amide bonds. The van der Waals surface area contributed by atoms with E-state index in [0.717, 1.165) is 33.3 Å². The summed E-state index contributed by atoms with van der Waals surface area (Å²) in [5.41, 5.74) is 15.1. The van der Waals surface area contributed by atoms with Gasteiger partial charge in [-0.05, 0) is 46.2 Å². The lowest BCUT2D eigenvalue weighted by molar-refractivity contribution is 1.66. The number of rotatable bonds is 2. The second kappa shape index (κ2) is 3.74. The van der Waals surface area contributed by atoms with Crippen LogP contribution in [0.1, 0.15) is 11.1 Å². The van der Waals surface area contributed by atoms with Crippen molar-refractivity contribution in [3.8, 4) is 0 Å². The molecule has 16 heavy (non-hydrogen) atoms. The molecule has 2 nitrogen and oxygen atoms in total. The van der Waals surface area contributed by atoms with Crippen LogP contribution in [0.3, 0.4) is 0 Å². The normalized spacial score (nSPS) is 10.2. The van der Waals surface area contributed by atoms with Crippen LogP contribution in [0.25, 0.3) is 22.9 Å². The minimum absolute atomic E-state index is 0.718. The SMILES string of the molecule is C=Cc1cc(N)cc2c(C=C)cc(N)cc12. The summed E-state index contributed by atoms with van der Waals surface area (Å²) in [5, 5.41) is 2.11. The first-order valence-electron chi connectivity index (χ1n) is 5.03. The molecule has 0 aliphatic rings. The molecule has 0 fully saturated rings. The highest BCUT2D eigenvalue weighted by Crippen LogP contribution is 2.29. The van der Waals surface area contributed by atoms with Crippen molar-refractivity contribution in [2.75, 3.05) is 11.5 Å². The minimum Gasteiger partial charge on any atom is -0.399 e. The molecule has 0 heterocycles. The summed E-state index contributed by atoms with van der Waals surface area (Å²) in [7, 11) is 0. The predicted octanol–water partition coefficient (Wildman–Crippen LogP) is 3.29. The van der Waals surface area contributed by atoms with E-state index in [2.05, 4.69) is 13.2 Å². The molecule has 0 aliphatic heterocycles. The van der Waals surface area contributed by atoms with Crippen LogP contribution in [0.5, 0.6) is 0 Å². The first-order valence-corrected chi connectivity index (χ1v) is 5.03. The Morgan fingerprint density at radius 1 is 0.750 bits per heavy atom. The maximum atomic E-state index is 5.85. The van der Waals surface area contributed by atoms with Crippen molar-refractivity contribution >= 4 is 34.3 Å². The Hall–Kier alpha value is -2.22. The lowest BCUT2D eigenvalue weighted by atomic mass is 9.98. The molecule has 0 aliphatic carbocycles. The maximum Gasteiger partial charge on any atom is 0.0326 e. The highest BCUT2D eigenvalue weighted by molar-refractivity contribution is 5.99. The smallest absolute Gasteiger partial charge is 0.0326 e. The van der Waals surface area contributed by atoms with Gasteiger partial charge in [-0.2, -0.15) is 0 Å². The molecular formula is C14H14N2. The van der Waals surface area contributed by atoms with E-state index in [1.54, 1.807) is 12.2 Å². The Morgan fingerprint density at radius 2 is 1.12 bits per heavy atom. The monoisotopic (exact) mass is 210 g/mol. The van der Waals surface area contributed by atoms with E-state index in [9.17, 15) is 0 Å². The van der Waals surface area contributed by atoms with Crippen LogP contribution >= 0.6 is 0 Å². The van der Waals surface area contributed by atoms with Gasteiger partial charge in [-0.3, -0.25) is 0 Å². The van der Waals surface area contributed by atoms with Crippen LogP contribution < -0.4 is 11.5 Å². The average molecular weight is 210 g/mol. The van der Waals surface area contributed by atoms with Crippen molar-refractivity contribution in [3.63, 3.8) is 0 Å². The zero-order valence-corrected chi connectivity index (χ0v) is 9.03. The molecular weight excluding hydrogens is 196 g/mol. The molecule has 0 atom stereocenters. The van der Waals surface area contributed by atoms with Crippen LogP contribution in [0, 0.1) is 0 Å². The Morgan fingerprint density at radius 3 is 1.44 bits per heavy atom. The van der Waals surface area contributed by atoms with Gasteiger partial charge >= 0.3 is 0 Å². The summed E-state index contributed by atoms with van der Waals surface area (Å²) >= 11 is 0. The Kier molecular flexibility index (Phi) is 2.41. The lowest BCUT2D eigenvalue weighted by Gasteiger charge is -2.09. The quantitative estimate of drug-likeness (QED) is 0.747. The number of anilines is 2. The van der Waals surface area contributed by atoms with Crippen molar-refractivity contribution in [2.45, 2.75) is 0 Å². The third kappa shape index (κ3) is 1.54. The van der Waals surface area contributed by atoms with E-state index in [1.807, 2.05) is 24.3 Å². The van der Waals surface area contributed by atoms with E-state index in [-0.39, 0.29) is 0 Å². The number of benzene rings is 2. The molecule has 2 rings (SSSR count). The Bertz CT molecular complexity index is 530. The largest absolute Gasteiger partial charge is 0.399 e. The molecule has 0 aromatic heterocycles. The highest BCUT2D eigenvalue weighted by atomic mass is 14.6. The van der Waals surface area contributed by atoms with Gasteiger partial charge in [0.25, 0.3) is 0 Å². The Balaban J connectivity index is 2.97. The number of nitrogens with two attached hydrogens (primary N) is 2. The van der Waals surface area contributed by atoms with Crippen molar-refractivity contribution in [1.82, 2.24) is 0 Å². The first kappa shape index (κ1) is 10.3. The summed E-state index contributed by atoms with van der Waals surface area (Å²) in [6.07, 6.45) is 3.57. The summed E-state index contributed by atoms with van der Waals surface area (Å²) in [6, 6.07) is 7.64. The highest BCUT2D eigenvalue weighted by Gasteiger charge is 2.04. The van der Waals surface area contributed by atoms with Crippen LogP contribution in [-0.4, -0.2) is 0 Å². The van der Waals surface area contributed by atoms with Gasteiger partial charge < -0.3 is 11.5 Å². The fraction of sp³-hybridized carbons (Fsp3) is 0. The van der Waals surface area contributed by atoms with Gasteiger partial charge in [0.05, 0.1) is 0 Å². The van der Waals surface area contributed by atoms with E-state index in [4.69, 9.17) is 11.5 Å². The maximum absolute atomic E-state index is 5.85. The molecule has 4 N–H and O–H groups in total. The summed E-state index contributed by atoms with van der Waals surface area (Å²) in [4.78, 5) is 0. The van der Waals surface area contributed by atoms with Crippen molar-refractivity contribution in [2.24, 2.45) is 0 Å². The van der Waals surface area contributed by atoms with Gasteiger partial charge in [-0.1, -0.05) is 25.3 Å². The van der Waals surface area contributed by atoms with Gasteiger partial charge in [0.1, 0.15) is 0 Å². The summed E-state index contributed by atoms with van der Waals surface area (Å²) in [5.74, 6) is 0. The second-order valence-electron chi connectivity index (χ2n) is 3.72. The Labute approximate surface area is 94.9 Å². The molecule has 80 valence electrons. The molecule has 0 bridgehead atoms. The van der Waals surface area contributed by atoms with Crippen molar-refractivity contribution in [1.29, 1.82) is 0 Å². The minimum atomic E-state index is 0.718. The van der Waals surface area contributed by atoms with E-state index < -0.39 is 0 Å². The van der Waals surface area contributed by atoms with Crippen LogP contribution in [-0.2, 0) is 0 Å². The molecule has 0 radical (unpaired) electrons. The number of fused-ring (bicyclic) bond motifs is 1. The zero-order valence-electron chi connectivity index (χ0n) is 9.03. The fourth-order valence-corrected chi connectivity index (χ4v) is 1.90. The molecule has 0 saturated heterocycles. The number of nitrogen functional groups attached to an aromatic ring is 2. The fourth-order valence-electron chi connectivity index (χ4n) is 1.90. The van der Waals surface area contributed by atoms with Gasteiger partial charge in [-0.15, -0.1) is 0 Å². The number of hydrogen-bond donors (Lipinski definition) is 2. The van der Waals surface area contributed by atoms with Gasteiger partial charge in [-0.25, -0.2) is 0 Å². The molecule has 0 saturated carbocycles. The van der Waals surface area contributed by atoms with Crippen molar-refractivity contribution in [3.05, 3.63) is 48.6 Å². The standard InChI is InChI=1S/C14H14N2/c1-3-9-5-11(15)8-14-10(4-2)6-12(16)7-13(9)14/h3-8H,1-2,15-16H2. The predicted molar refractivity (Wildman–Crippen MR) is 73.0 cm³/mol. The summed E-state index contributed by atoms with van der Waals surface area (Å²) < 4.78 is 0. The lowest BCUT2D eigenvalue weighted by Crippen LogP contribution is -1.92. The molecule has 0 spiro atoms. The van der Waals surface area contributed by atoms with Crippen molar-refractivity contribution < 1.29 is 0 Å². The van der Waals surface area contributed by atoms with E-state index in [1.165, 1.54) is 0 Å². The molecule has 2 aromatic carbocycles. The van der Waals surface area contributed by atoms with Gasteiger partial charge in [0, 0.05) is 11.4 Å². The van der Waals surface area contributed by atoms with E-state index in [0.29, 0.717) is 0 Å². The van der Waals surface area contributed by atoms with Crippen LogP contribution in [0.4, 0.5) is 11.4 Å². The molecule has 2 aromatic rings.